The van der Waals surface area contributed by atoms with Crippen LogP contribution in [0.15, 0.2) is 11.6 Å². The zero-order valence-electron chi connectivity index (χ0n) is 10.8. The van der Waals surface area contributed by atoms with E-state index in [1.807, 2.05) is 6.08 Å². The molecule has 0 unspecified atom stereocenters. The quantitative estimate of drug-likeness (QED) is 0.512. The van der Waals surface area contributed by atoms with Gasteiger partial charge in [-0.05, 0) is 25.3 Å². The fourth-order valence-corrected chi connectivity index (χ4v) is 2.34. The molecule has 0 fully saturated rings. The summed E-state index contributed by atoms with van der Waals surface area (Å²) >= 11 is 0. The number of hydrogen-bond donors (Lipinski definition) is 0. The standard InChI is InChI=1S/C15H26O/c1-2-3-4-5-6-7-8-9-10-14-11-12-15(16)13-14/h13H,2-12H2,1H3. The monoisotopic (exact) mass is 222 g/mol. The van der Waals surface area contributed by atoms with Gasteiger partial charge in [-0.3, -0.25) is 4.79 Å². The number of unbranched alkanes of at least 4 members (excludes halogenated alkanes) is 7. The highest BCUT2D eigenvalue weighted by atomic mass is 16.1. The van der Waals surface area contributed by atoms with Gasteiger partial charge in [0.25, 0.3) is 0 Å². The third-order valence-corrected chi connectivity index (χ3v) is 3.41. The van der Waals surface area contributed by atoms with E-state index in [4.69, 9.17) is 0 Å². The van der Waals surface area contributed by atoms with Gasteiger partial charge in [-0.25, -0.2) is 0 Å². The van der Waals surface area contributed by atoms with E-state index in [2.05, 4.69) is 6.92 Å². The Morgan fingerprint density at radius 3 is 2.12 bits per heavy atom. The molecule has 0 aliphatic heterocycles. The zero-order valence-corrected chi connectivity index (χ0v) is 10.8. The summed E-state index contributed by atoms with van der Waals surface area (Å²) in [7, 11) is 0. The normalized spacial score (nSPS) is 15.6. The van der Waals surface area contributed by atoms with Crippen LogP contribution in [0.2, 0.25) is 0 Å². The van der Waals surface area contributed by atoms with Crippen molar-refractivity contribution in [1.29, 1.82) is 0 Å². The Morgan fingerprint density at radius 1 is 0.938 bits per heavy atom. The second-order valence-corrected chi connectivity index (χ2v) is 4.99. The molecule has 0 atom stereocenters. The Labute approximate surface area is 100 Å². The van der Waals surface area contributed by atoms with Gasteiger partial charge >= 0.3 is 0 Å². The summed E-state index contributed by atoms with van der Waals surface area (Å²) in [6.07, 6.45) is 15.8. The first-order valence-corrected chi connectivity index (χ1v) is 7.05. The van der Waals surface area contributed by atoms with Crippen molar-refractivity contribution >= 4 is 5.78 Å². The lowest BCUT2D eigenvalue weighted by Gasteiger charge is -2.02. The molecule has 0 spiro atoms. The van der Waals surface area contributed by atoms with Crippen LogP contribution >= 0.6 is 0 Å². The van der Waals surface area contributed by atoms with Crippen molar-refractivity contribution in [3.8, 4) is 0 Å². The zero-order chi connectivity index (χ0) is 11.6. The Bertz CT molecular complexity index is 228. The molecule has 1 heteroatoms. The number of carbonyl (C=O) groups is 1. The molecule has 0 saturated carbocycles. The highest BCUT2D eigenvalue weighted by molar-refractivity contribution is 5.92. The molecule has 0 amide bonds. The lowest BCUT2D eigenvalue weighted by molar-refractivity contribution is -0.114. The molecule has 16 heavy (non-hydrogen) atoms. The molecule has 1 aliphatic rings. The van der Waals surface area contributed by atoms with Gasteiger partial charge in [0, 0.05) is 6.42 Å². The van der Waals surface area contributed by atoms with Crippen LogP contribution in [0.25, 0.3) is 0 Å². The molecule has 0 heterocycles. The first-order valence-electron chi connectivity index (χ1n) is 7.05. The predicted molar refractivity (Wildman–Crippen MR) is 69.6 cm³/mol. The van der Waals surface area contributed by atoms with E-state index in [9.17, 15) is 4.79 Å². The van der Waals surface area contributed by atoms with Crippen molar-refractivity contribution in [2.24, 2.45) is 0 Å². The van der Waals surface area contributed by atoms with E-state index in [-0.39, 0.29) is 0 Å². The average molecular weight is 222 g/mol. The summed E-state index contributed by atoms with van der Waals surface area (Å²) in [6, 6.07) is 0. The lowest BCUT2D eigenvalue weighted by atomic mass is 10.0. The largest absolute Gasteiger partial charge is 0.295 e. The molecule has 0 radical (unpaired) electrons. The lowest BCUT2D eigenvalue weighted by Crippen LogP contribution is -1.83. The molecule has 1 rings (SSSR count). The van der Waals surface area contributed by atoms with Gasteiger partial charge in [-0.15, -0.1) is 0 Å². The van der Waals surface area contributed by atoms with Crippen LogP contribution < -0.4 is 0 Å². The summed E-state index contributed by atoms with van der Waals surface area (Å²) in [5, 5.41) is 0. The van der Waals surface area contributed by atoms with Crippen molar-refractivity contribution < 1.29 is 4.79 Å². The summed E-state index contributed by atoms with van der Waals surface area (Å²) in [4.78, 5) is 11.0. The van der Waals surface area contributed by atoms with Crippen molar-refractivity contribution in [1.82, 2.24) is 0 Å². The van der Waals surface area contributed by atoms with Crippen LogP contribution in [0.4, 0.5) is 0 Å². The van der Waals surface area contributed by atoms with Gasteiger partial charge in [0.15, 0.2) is 5.78 Å². The van der Waals surface area contributed by atoms with E-state index in [1.165, 1.54) is 63.4 Å². The SMILES string of the molecule is CCCCCCCCCCC1=CC(=O)CC1. The van der Waals surface area contributed by atoms with Gasteiger partial charge < -0.3 is 0 Å². The van der Waals surface area contributed by atoms with E-state index >= 15 is 0 Å². The molecule has 92 valence electrons. The molecule has 0 aromatic rings. The molecule has 0 bridgehead atoms. The average Bonchev–Trinajstić information content (AvgIpc) is 2.68. The van der Waals surface area contributed by atoms with Crippen molar-refractivity contribution in [2.75, 3.05) is 0 Å². The molecule has 0 aromatic carbocycles. The van der Waals surface area contributed by atoms with Crippen LogP contribution in [-0.2, 0) is 4.79 Å². The maximum Gasteiger partial charge on any atom is 0.155 e. The fourth-order valence-electron chi connectivity index (χ4n) is 2.34. The van der Waals surface area contributed by atoms with E-state index < -0.39 is 0 Å². The summed E-state index contributed by atoms with van der Waals surface area (Å²) in [5.74, 6) is 0.342. The fraction of sp³-hybridized carbons (Fsp3) is 0.800. The Kier molecular flexibility index (Phi) is 7.20. The molecular formula is C15H26O. The maximum absolute atomic E-state index is 11.0. The van der Waals surface area contributed by atoms with Crippen LogP contribution in [0.5, 0.6) is 0 Å². The number of carbonyl (C=O) groups excluding carboxylic acids is 1. The van der Waals surface area contributed by atoms with Gasteiger partial charge in [0.2, 0.25) is 0 Å². The minimum atomic E-state index is 0.342. The van der Waals surface area contributed by atoms with E-state index in [0.717, 1.165) is 12.8 Å². The highest BCUT2D eigenvalue weighted by Crippen LogP contribution is 2.21. The molecule has 0 saturated heterocycles. The van der Waals surface area contributed by atoms with Crippen LogP contribution in [0.3, 0.4) is 0 Å². The molecular weight excluding hydrogens is 196 g/mol. The molecule has 1 aliphatic carbocycles. The number of allylic oxidation sites excluding steroid dienone is 2. The molecule has 1 nitrogen and oxygen atoms in total. The second kappa shape index (κ2) is 8.55. The smallest absolute Gasteiger partial charge is 0.155 e. The molecule has 0 aromatic heterocycles. The third-order valence-electron chi connectivity index (χ3n) is 3.41. The molecule has 0 N–H and O–H groups in total. The highest BCUT2D eigenvalue weighted by Gasteiger charge is 2.10. The van der Waals surface area contributed by atoms with Crippen molar-refractivity contribution in [2.45, 2.75) is 77.6 Å². The van der Waals surface area contributed by atoms with Crippen molar-refractivity contribution in [3.63, 3.8) is 0 Å². The minimum Gasteiger partial charge on any atom is -0.295 e. The Morgan fingerprint density at radius 2 is 1.56 bits per heavy atom. The number of hydrogen-bond acceptors (Lipinski definition) is 1. The summed E-state index contributed by atoms with van der Waals surface area (Å²) in [5.41, 5.74) is 1.40. The van der Waals surface area contributed by atoms with E-state index in [0.29, 0.717) is 5.78 Å². The van der Waals surface area contributed by atoms with Crippen molar-refractivity contribution in [3.05, 3.63) is 11.6 Å². The van der Waals surface area contributed by atoms with Gasteiger partial charge in [-0.1, -0.05) is 57.4 Å². The maximum atomic E-state index is 11.0. The second-order valence-electron chi connectivity index (χ2n) is 4.99. The topological polar surface area (TPSA) is 17.1 Å². The Balaban J connectivity index is 1.85. The van der Waals surface area contributed by atoms with Crippen LogP contribution in [-0.4, -0.2) is 5.78 Å². The summed E-state index contributed by atoms with van der Waals surface area (Å²) in [6.45, 7) is 2.26. The van der Waals surface area contributed by atoms with Gasteiger partial charge in [0.05, 0.1) is 0 Å². The third kappa shape index (κ3) is 6.09. The van der Waals surface area contributed by atoms with E-state index in [1.54, 1.807) is 0 Å². The Hall–Kier alpha value is -0.590. The first kappa shape index (κ1) is 13.5. The van der Waals surface area contributed by atoms with Crippen LogP contribution in [0, 0.1) is 0 Å². The number of rotatable bonds is 9. The number of ketones is 1. The summed E-state index contributed by atoms with van der Waals surface area (Å²) < 4.78 is 0. The minimum absolute atomic E-state index is 0.342. The van der Waals surface area contributed by atoms with Gasteiger partial charge in [0.1, 0.15) is 0 Å². The first-order chi connectivity index (χ1) is 7.83. The van der Waals surface area contributed by atoms with Gasteiger partial charge in [-0.2, -0.15) is 0 Å². The van der Waals surface area contributed by atoms with Crippen LogP contribution in [0.1, 0.15) is 77.6 Å². The predicted octanol–water partition coefficient (Wildman–Crippen LogP) is 4.81.